The maximum absolute atomic E-state index is 6.52. The molecule has 0 fully saturated rings. The number of furan rings is 4. The van der Waals surface area contributed by atoms with Crippen molar-refractivity contribution < 1.29 is 17.7 Å². The molecule has 102 heavy (non-hydrogen) atoms. The number of rotatable bonds is 9. The molecule has 0 unspecified atom stereocenters. The Kier molecular flexibility index (Phi) is 12.0. The lowest BCUT2D eigenvalue weighted by Crippen LogP contribution is -2.03. The van der Waals surface area contributed by atoms with E-state index in [9.17, 15) is 0 Å². The number of nitrogens with zero attached hydrogens (tertiary/aromatic N) is 5. The van der Waals surface area contributed by atoms with Crippen LogP contribution in [0.2, 0.25) is 0 Å². The van der Waals surface area contributed by atoms with Gasteiger partial charge in [0.25, 0.3) is 0 Å². The molecular formula is C93H53N5O4. The summed E-state index contributed by atoms with van der Waals surface area (Å²) in [5, 5.41) is 13.1. The lowest BCUT2D eigenvalue weighted by Gasteiger charge is -2.16. The monoisotopic (exact) mass is 1300 g/mol. The van der Waals surface area contributed by atoms with Gasteiger partial charge in [0.05, 0.1) is 22.1 Å². The van der Waals surface area contributed by atoms with Crippen LogP contribution >= 0.6 is 0 Å². The van der Waals surface area contributed by atoms with Gasteiger partial charge in [-0.25, -0.2) is 15.0 Å². The zero-order valence-corrected chi connectivity index (χ0v) is 54.5. The Bertz CT molecular complexity index is 6500. The van der Waals surface area contributed by atoms with Gasteiger partial charge in [0.1, 0.15) is 44.7 Å². The molecule has 7 heterocycles. The van der Waals surface area contributed by atoms with E-state index in [0.717, 1.165) is 204 Å². The maximum Gasteiger partial charge on any atom is 0.164 e. The number of benzene rings is 15. The van der Waals surface area contributed by atoms with Crippen LogP contribution in [0.1, 0.15) is 0 Å². The molecule has 9 nitrogen and oxygen atoms in total. The third-order valence-electron chi connectivity index (χ3n) is 20.8. The smallest absolute Gasteiger partial charge is 0.164 e. The summed E-state index contributed by atoms with van der Waals surface area (Å²) in [7, 11) is 0. The van der Waals surface area contributed by atoms with Crippen LogP contribution in [-0.4, -0.2) is 24.1 Å². The van der Waals surface area contributed by atoms with Gasteiger partial charge in [-0.15, -0.1) is 0 Å². The van der Waals surface area contributed by atoms with Crippen LogP contribution in [0.3, 0.4) is 0 Å². The van der Waals surface area contributed by atoms with E-state index >= 15 is 0 Å². The summed E-state index contributed by atoms with van der Waals surface area (Å²) in [6.07, 6.45) is 0. The van der Waals surface area contributed by atoms with Crippen molar-refractivity contribution in [1.82, 2.24) is 24.1 Å². The zero-order valence-electron chi connectivity index (χ0n) is 54.5. The number of fused-ring (bicyclic) bond motifs is 18. The molecule has 0 saturated carbocycles. The van der Waals surface area contributed by atoms with Gasteiger partial charge < -0.3 is 26.8 Å². The molecule has 15 aromatic carbocycles. The molecule has 22 rings (SSSR count). The Balaban J connectivity index is 0.799. The molecule has 0 saturated heterocycles. The Morgan fingerprint density at radius 1 is 0.167 bits per heavy atom. The first-order valence-electron chi connectivity index (χ1n) is 34.3. The predicted molar refractivity (Wildman–Crippen MR) is 416 cm³/mol. The van der Waals surface area contributed by atoms with Crippen molar-refractivity contribution in [3.8, 4) is 90.0 Å². The highest BCUT2D eigenvalue weighted by Crippen LogP contribution is 2.45. The summed E-state index contributed by atoms with van der Waals surface area (Å²) in [6.45, 7) is 0. The minimum Gasteiger partial charge on any atom is -0.456 e. The molecule has 0 amide bonds. The summed E-state index contributed by atoms with van der Waals surface area (Å²) >= 11 is 0. The summed E-state index contributed by atoms with van der Waals surface area (Å²) in [4.78, 5) is 16.1. The van der Waals surface area contributed by atoms with Gasteiger partial charge in [-0.05, 0) is 184 Å². The molecule has 0 bridgehead atoms. The minimum atomic E-state index is 0.533. The molecule has 0 aliphatic rings. The summed E-state index contributed by atoms with van der Waals surface area (Å²) < 4.78 is 30.9. The van der Waals surface area contributed by atoms with Crippen LogP contribution in [0.5, 0.6) is 0 Å². The van der Waals surface area contributed by atoms with Crippen molar-refractivity contribution >= 4 is 131 Å². The third kappa shape index (κ3) is 8.81. The van der Waals surface area contributed by atoms with E-state index in [-0.39, 0.29) is 0 Å². The SMILES string of the molecule is c1ccc(-c2nc(-c3ccccc3)nc(-c3cc(-n4c5ccc(-c6ccc7c(c6)oc6ccccc67)cc5c5cc(-c6ccc7c(c6)oc6ccccc67)ccc54)cc(-n4c5ccc(-c6ccc7c(c6)oc6ccccc67)cc5c5cc(-c6ccc7c(c6)oc6ccccc67)ccc54)c3)n2)cc1. The molecule has 22 aromatic rings. The van der Waals surface area contributed by atoms with Crippen molar-refractivity contribution in [2.75, 3.05) is 0 Å². The first-order valence-corrected chi connectivity index (χ1v) is 34.3. The molecule has 0 atom stereocenters. The van der Waals surface area contributed by atoms with E-state index in [2.05, 4.69) is 246 Å². The fourth-order valence-corrected chi connectivity index (χ4v) is 15.9. The van der Waals surface area contributed by atoms with E-state index in [1.165, 1.54) is 0 Å². The molecule has 0 aliphatic carbocycles. The highest BCUT2D eigenvalue weighted by atomic mass is 16.3. The third-order valence-corrected chi connectivity index (χ3v) is 20.8. The van der Waals surface area contributed by atoms with Gasteiger partial charge in [-0.1, -0.05) is 182 Å². The molecule has 0 radical (unpaired) electrons. The molecule has 0 N–H and O–H groups in total. The first kappa shape index (κ1) is 56.2. The van der Waals surface area contributed by atoms with Crippen LogP contribution < -0.4 is 0 Å². The van der Waals surface area contributed by atoms with Gasteiger partial charge in [0, 0.05) is 92.7 Å². The van der Waals surface area contributed by atoms with Gasteiger partial charge >= 0.3 is 0 Å². The van der Waals surface area contributed by atoms with E-state index in [4.69, 9.17) is 32.6 Å². The van der Waals surface area contributed by atoms with Gasteiger partial charge in [0.15, 0.2) is 17.5 Å². The van der Waals surface area contributed by atoms with Gasteiger partial charge in [-0.3, -0.25) is 0 Å². The number of hydrogen-bond donors (Lipinski definition) is 0. The fraction of sp³-hybridized carbons (Fsp3) is 0. The fourth-order valence-electron chi connectivity index (χ4n) is 15.9. The zero-order chi connectivity index (χ0) is 66.7. The average molecular weight is 1300 g/mol. The first-order chi connectivity index (χ1) is 50.5. The lowest BCUT2D eigenvalue weighted by molar-refractivity contribution is 0.668. The predicted octanol–water partition coefficient (Wildman–Crippen LogP) is 25.3. The van der Waals surface area contributed by atoms with Crippen LogP contribution in [0.15, 0.2) is 339 Å². The normalized spacial score (nSPS) is 12.1. The second-order valence-electron chi connectivity index (χ2n) is 26.6. The van der Waals surface area contributed by atoms with Gasteiger partial charge in [-0.2, -0.15) is 0 Å². The van der Waals surface area contributed by atoms with Crippen molar-refractivity contribution in [3.05, 3.63) is 322 Å². The summed E-state index contributed by atoms with van der Waals surface area (Å²) in [6, 6.07) is 114. The van der Waals surface area contributed by atoms with E-state index in [1.54, 1.807) is 0 Å². The summed E-state index contributed by atoms with van der Waals surface area (Å²) in [5.41, 5.74) is 23.9. The Morgan fingerprint density at radius 2 is 0.412 bits per heavy atom. The van der Waals surface area contributed by atoms with Crippen molar-refractivity contribution in [2.24, 2.45) is 0 Å². The second-order valence-corrected chi connectivity index (χ2v) is 26.6. The van der Waals surface area contributed by atoms with Crippen LogP contribution in [0.4, 0.5) is 0 Å². The molecule has 0 spiro atoms. The van der Waals surface area contributed by atoms with E-state index < -0.39 is 0 Å². The van der Waals surface area contributed by atoms with Crippen molar-refractivity contribution in [2.45, 2.75) is 0 Å². The Hall–Kier alpha value is -13.9. The van der Waals surface area contributed by atoms with Crippen LogP contribution in [-0.2, 0) is 0 Å². The van der Waals surface area contributed by atoms with Crippen molar-refractivity contribution in [1.29, 1.82) is 0 Å². The topological polar surface area (TPSA) is 101 Å². The molecule has 0 aliphatic heterocycles. The van der Waals surface area contributed by atoms with Crippen molar-refractivity contribution in [3.63, 3.8) is 0 Å². The van der Waals surface area contributed by atoms with E-state index in [0.29, 0.717) is 17.5 Å². The van der Waals surface area contributed by atoms with Gasteiger partial charge in [0.2, 0.25) is 0 Å². The second kappa shape index (κ2) is 21.8. The molecule has 9 heteroatoms. The lowest BCUT2D eigenvalue weighted by atomic mass is 9.99. The molecule has 7 aromatic heterocycles. The quantitative estimate of drug-likeness (QED) is 0.142. The number of aromatic nitrogens is 5. The standard InChI is InChI=1S/C93H53N5O4/c1-3-15-54(16-4-1)91-94-92(55-17-5-2-6-18-55)96-93(95-91)64-43-65(97-79-39-31-56(60-27-35-71-67-19-7-11-23-83(67)99-87(71)49-60)45-75(79)76-46-57(32-40-80(76)97)61-28-36-72-68-20-8-12-24-84(68)100-88(72)50-61)53-66(44-64)98-81-41-33-58(62-29-37-73-69-21-9-13-25-85(69)101-89(73)51-62)47-77(81)78-48-59(34-42-82(78)98)63-30-38-74-70-22-10-14-26-86(70)102-90(74)52-63/h1-53H. The van der Waals surface area contributed by atoms with E-state index in [1.807, 2.05) is 84.9 Å². The van der Waals surface area contributed by atoms with Crippen LogP contribution in [0.25, 0.3) is 221 Å². The minimum absolute atomic E-state index is 0.533. The average Bonchev–Trinajstić information content (AvgIpc) is 1.57. The van der Waals surface area contributed by atoms with Crippen LogP contribution in [0, 0.1) is 0 Å². The Labute approximate surface area is 581 Å². The highest BCUT2D eigenvalue weighted by molar-refractivity contribution is 6.16. The largest absolute Gasteiger partial charge is 0.456 e. The molecule has 474 valence electrons. The Morgan fingerprint density at radius 3 is 0.716 bits per heavy atom. The number of hydrogen-bond acceptors (Lipinski definition) is 7. The summed E-state index contributed by atoms with van der Waals surface area (Å²) in [5.74, 6) is 1.68. The molecular weight excluding hydrogens is 1250 g/mol. The maximum atomic E-state index is 6.52. The highest BCUT2D eigenvalue weighted by Gasteiger charge is 2.24. The number of para-hydroxylation sites is 4.